The molecule has 1 fully saturated rings. The van der Waals surface area contributed by atoms with Crippen LogP contribution < -0.4 is 4.90 Å². The van der Waals surface area contributed by atoms with Crippen molar-refractivity contribution in [1.29, 1.82) is 0 Å². The van der Waals surface area contributed by atoms with Gasteiger partial charge in [-0.1, -0.05) is 182 Å². The molecule has 0 radical (unpaired) electrons. The van der Waals surface area contributed by atoms with Crippen LogP contribution in [0, 0.1) is 18.3 Å². The summed E-state index contributed by atoms with van der Waals surface area (Å²) in [4.78, 5) is 2.42. The molecule has 0 bridgehead atoms. The predicted octanol–water partition coefficient (Wildman–Crippen LogP) is 16.5. The fourth-order valence-electron chi connectivity index (χ4n) is 10.6. The van der Waals surface area contributed by atoms with Crippen molar-refractivity contribution >= 4 is 57.4 Å². The summed E-state index contributed by atoms with van der Waals surface area (Å²) in [5.74, 6) is 0.449. The number of ether oxygens (including phenoxy) is 1. The molecule has 3 heteroatoms. The lowest BCUT2D eigenvalue weighted by Gasteiger charge is -2.38. The van der Waals surface area contributed by atoms with Crippen molar-refractivity contribution in [2.75, 3.05) is 11.5 Å². The molecule has 1 saturated heterocycles. The Morgan fingerprint density at radius 2 is 1.23 bits per heavy atom. The number of hydrogen-bond acceptors (Lipinski definition) is 2. The van der Waals surface area contributed by atoms with Gasteiger partial charge in [0, 0.05) is 28.1 Å². The quantitative estimate of drug-likeness (QED) is 0.134. The molecule has 0 amide bonds. The maximum Gasteiger partial charge on any atom is 0.0828 e. The van der Waals surface area contributed by atoms with E-state index >= 15 is 0 Å². The highest BCUT2D eigenvalue weighted by atomic mass is 127. The second-order valence-electron chi connectivity index (χ2n) is 17.7. The third-order valence-corrected chi connectivity index (χ3v) is 13.9. The van der Waals surface area contributed by atoms with E-state index in [0.29, 0.717) is 5.92 Å². The van der Waals surface area contributed by atoms with Crippen LogP contribution in [0.1, 0.15) is 41.5 Å². The number of rotatable bonds is 9. The average Bonchev–Trinajstić information content (AvgIpc) is 3.69. The summed E-state index contributed by atoms with van der Waals surface area (Å²) in [6.45, 7) is 3.05. The van der Waals surface area contributed by atoms with Crippen molar-refractivity contribution in [3.8, 4) is 33.4 Å². The molecule has 11 rings (SSSR count). The summed E-state index contributed by atoms with van der Waals surface area (Å²) in [6.07, 6.45) is 15.8. The Bertz CT molecular complexity index is 3030. The van der Waals surface area contributed by atoms with E-state index in [1.54, 1.807) is 0 Å². The van der Waals surface area contributed by atoms with E-state index in [2.05, 4.69) is 230 Å². The largest absolute Gasteiger partial charge is 0.373 e. The minimum Gasteiger partial charge on any atom is -0.373 e. The van der Waals surface area contributed by atoms with Crippen LogP contribution in [0.3, 0.4) is 0 Å². The molecule has 64 heavy (non-hydrogen) atoms. The second kappa shape index (κ2) is 18.1. The van der Waals surface area contributed by atoms with E-state index < -0.39 is 0 Å². The van der Waals surface area contributed by atoms with Crippen LogP contribution in [0.25, 0.3) is 49.7 Å². The van der Waals surface area contributed by atoms with Crippen LogP contribution in [0.15, 0.2) is 218 Å². The standard InChI is InChI=1S/C61H51NO.HI/c1-43-14-5-7-22-55(43)57-40-50(27-28-51(57)39-44-15-11-20-49(38-44)45-16-3-2-4-17-45)46-29-33-53(34-30-46)62(59-25-12-19-48-18-6-8-23-56(48)59)54-35-31-47(32-36-54)52-21-13-37-61(41-52)42-63-60-26-10-9-24-58(60)61;/h2-12,14-36,38,40,58,60H,13,37,39,41-42H2,1H3;1H. The molecule has 1 spiro atoms. The molecule has 0 saturated carbocycles. The molecule has 1 aliphatic heterocycles. The Hall–Kier alpha value is -6.27. The van der Waals surface area contributed by atoms with E-state index in [-0.39, 0.29) is 35.5 Å². The Balaban J connectivity index is 0.00000484. The average molecular weight is 942 g/mol. The van der Waals surface area contributed by atoms with Gasteiger partial charge >= 0.3 is 0 Å². The highest BCUT2D eigenvalue weighted by Crippen LogP contribution is 2.53. The van der Waals surface area contributed by atoms with Gasteiger partial charge in [0.1, 0.15) is 0 Å². The van der Waals surface area contributed by atoms with Crippen LogP contribution in [-0.4, -0.2) is 12.7 Å². The summed E-state index contributed by atoms with van der Waals surface area (Å²) in [6, 6.07) is 69.3. The maximum atomic E-state index is 6.36. The molecule has 3 aliphatic rings. The van der Waals surface area contributed by atoms with Crippen LogP contribution in [-0.2, 0) is 11.2 Å². The van der Waals surface area contributed by atoms with E-state index in [1.807, 2.05) is 0 Å². The summed E-state index contributed by atoms with van der Waals surface area (Å²) in [7, 11) is 0. The first-order chi connectivity index (χ1) is 31.1. The van der Waals surface area contributed by atoms with Crippen molar-refractivity contribution in [3.05, 3.63) is 241 Å². The first-order valence-electron chi connectivity index (χ1n) is 22.6. The molecule has 1 heterocycles. The van der Waals surface area contributed by atoms with Crippen molar-refractivity contribution in [1.82, 2.24) is 0 Å². The Morgan fingerprint density at radius 3 is 2.06 bits per heavy atom. The van der Waals surface area contributed by atoms with Crippen molar-refractivity contribution in [2.24, 2.45) is 11.3 Å². The molecular weight excluding hydrogens is 890 g/mol. The van der Waals surface area contributed by atoms with E-state index in [0.717, 1.165) is 37.2 Å². The van der Waals surface area contributed by atoms with Gasteiger partial charge in [-0.15, -0.1) is 24.0 Å². The number of fused-ring (bicyclic) bond motifs is 3. The molecule has 0 N–H and O–H groups in total. The number of allylic oxidation sites excluding steroid dienone is 4. The number of aryl methyl sites for hydroxylation is 1. The van der Waals surface area contributed by atoms with Gasteiger partial charge in [-0.25, -0.2) is 0 Å². The predicted molar refractivity (Wildman–Crippen MR) is 280 cm³/mol. The van der Waals surface area contributed by atoms with Gasteiger partial charge in [0.2, 0.25) is 0 Å². The number of nitrogens with zero attached hydrogens (tertiary/aromatic N) is 1. The number of halogens is 1. The van der Waals surface area contributed by atoms with Crippen LogP contribution in [0.2, 0.25) is 0 Å². The van der Waals surface area contributed by atoms with Crippen LogP contribution >= 0.6 is 24.0 Å². The molecule has 3 atom stereocenters. The highest BCUT2D eigenvalue weighted by molar-refractivity contribution is 14.0. The summed E-state index contributed by atoms with van der Waals surface area (Å²) < 4.78 is 6.36. The lowest BCUT2D eigenvalue weighted by atomic mass is 9.65. The van der Waals surface area contributed by atoms with Gasteiger partial charge in [-0.05, 0) is 136 Å². The lowest BCUT2D eigenvalue weighted by molar-refractivity contribution is 0.116. The number of hydrogen-bond donors (Lipinski definition) is 0. The zero-order valence-electron chi connectivity index (χ0n) is 36.2. The lowest BCUT2D eigenvalue weighted by Crippen LogP contribution is -2.33. The molecule has 3 unspecified atom stereocenters. The third kappa shape index (κ3) is 8.08. The van der Waals surface area contributed by atoms with Crippen molar-refractivity contribution in [3.63, 3.8) is 0 Å². The fraction of sp³-hybridized carbons (Fsp3) is 0.148. The fourth-order valence-corrected chi connectivity index (χ4v) is 10.6. The Morgan fingerprint density at radius 1 is 0.578 bits per heavy atom. The van der Waals surface area contributed by atoms with Gasteiger partial charge in [0.05, 0.1) is 18.4 Å². The van der Waals surface area contributed by atoms with Crippen molar-refractivity contribution in [2.45, 2.75) is 38.7 Å². The minimum atomic E-state index is 0. The molecule has 2 aliphatic carbocycles. The first-order valence-corrected chi connectivity index (χ1v) is 22.6. The van der Waals surface area contributed by atoms with Gasteiger partial charge in [-0.2, -0.15) is 0 Å². The van der Waals surface area contributed by atoms with E-state index in [9.17, 15) is 0 Å². The van der Waals surface area contributed by atoms with Gasteiger partial charge in [0.25, 0.3) is 0 Å². The Labute approximate surface area is 395 Å². The SMILES string of the molecule is Cc1ccccc1-c1cc(-c2ccc(N(c3ccc(C4=CCCC5(COC6C=CC=CC65)C4)cc3)c3cccc4ccccc34)cc2)ccc1Cc1cccc(-c2ccccc2)c1.I. The molecule has 314 valence electrons. The monoisotopic (exact) mass is 941 g/mol. The normalized spacial score (nSPS) is 18.7. The topological polar surface area (TPSA) is 12.5 Å². The van der Waals surface area contributed by atoms with Crippen LogP contribution in [0.5, 0.6) is 0 Å². The van der Waals surface area contributed by atoms with E-state index in [1.165, 1.54) is 84.1 Å². The second-order valence-corrected chi connectivity index (χ2v) is 17.7. The number of benzene rings is 8. The molecule has 0 aromatic heterocycles. The van der Waals surface area contributed by atoms with Gasteiger partial charge in [-0.3, -0.25) is 0 Å². The highest BCUT2D eigenvalue weighted by Gasteiger charge is 2.48. The smallest absolute Gasteiger partial charge is 0.0828 e. The zero-order chi connectivity index (χ0) is 42.2. The first kappa shape index (κ1) is 41.7. The molecule has 2 nitrogen and oxygen atoms in total. The summed E-state index contributed by atoms with van der Waals surface area (Å²) >= 11 is 0. The number of anilines is 3. The van der Waals surface area contributed by atoms with Crippen molar-refractivity contribution < 1.29 is 4.74 Å². The summed E-state index contributed by atoms with van der Waals surface area (Å²) in [5, 5.41) is 2.45. The molecule has 8 aromatic rings. The molecule has 8 aromatic carbocycles. The zero-order valence-corrected chi connectivity index (χ0v) is 38.6. The third-order valence-electron chi connectivity index (χ3n) is 13.9. The van der Waals surface area contributed by atoms with Crippen LogP contribution in [0.4, 0.5) is 17.1 Å². The summed E-state index contributed by atoms with van der Waals surface area (Å²) in [5.41, 5.74) is 17.7. The Kier molecular flexibility index (Phi) is 11.8. The van der Waals surface area contributed by atoms with Gasteiger partial charge < -0.3 is 9.64 Å². The maximum absolute atomic E-state index is 6.36. The van der Waals surface area contributed by atoms with E-state index in [4.69, 9.17) is 4.74 Å². The molecular formula is C61H52INO. The minimum absolute atomic E-state index is 0. The van der Waals surface area contributed by atoms with Gasteiger partial charge in [0.15, 0.2) is 0 Å².